The van der Waals surface area contributed by atoms with Crippen LogP contribution in [0.2, 0.25) is 0 Å². The normalized spacial score (nSPS) is 18.4. The fourth-order valence-corrected chi connectivity index (χ4v) is 8.70. The van der Waals surface area contributed by atoms with Crippen LogP contribution in [0.3, 0.4) is 0 Å². The molecule has 0 unspecified atom stereocenters. The fraction of sp³-hybridized carbons (Fsp3) is 0.426. The number of hydrogen-bond donors (Lipinski definition) is 0. The van der Waals surface area contributed by atoms with Gasteiger partial charge in [-0.1, -0.05) is 78.9 Å². The van der Waals surface area contributed by atoms with Gasteiger partial charge in [0, 0.05) is 24.0 Å². The molecular formula is C47H54N2O3. The summed E-state index contributed by atoms with van der Waals surface area (Å²) in [4.78, 5) is 44.9. The Morgan fingerprint density at radius 1 is 0.596 bits per heavy atom. The SMILES string of the molecule is O=C(CCCCN1CCC(Cc2ccccc2)CC1)C1=CC=C2C(=Cc3cc(C(=O)CCCCN4CCC(Cc5ccccc5)CC4)ccc32)C1=O. The van der Waals surface area contributed by atoms with Crippen LogP contribution >= 0.6 is 0 Å². The summed E-state index contributed by atoms with van der Waals surface area (Å²) in [6, 6.07) is 27.4. The predicted octanol–water partition coefficient (Wildman–Crippen LogP) is 8.98. The Balaban J connectivity index is 0.810. The summed E-state index contributed by atoms with van der Waals surface area (Å²) in [6.07, 6.45) is 17.4. The van der Waals surface area contributed by atoms with E-state index in [-0.39, 0.29) is 17.3 Å². The first-order valence-electron chi connectivity index (χ1n) is 19.9. The molecule has 0 bridgehead atoms. The maximum Gasteiger partial charge on any atom is 0.197 e. The molecule has 0 saturated carbocycles. The van der Waals surface area contributed by atoms with E-state index < -0.39 is 0 Å². The molecule has 2 saturated heterocycles. The first kappa shape index (κ1) is 36.2. The third kappa shape index (κ3) is 9.23. The van der Waals surface area contributed by atoms with E-state index in [1.54, 1.807) is 6.08 Å². The van der Waals surface area contributed by atoms with Crippen molar-refractivity contribution in [1.82, 2.24) is 9.80 Å². The van der Waals surface area contributed by atoms with Crippen molar-refractivity contribution in [2.24, 2.45) is 11.8 Å². The fourth-order valence-electron chi connectivity index (χ4n) is 8.70. The van der Waals surface area contributed by atoms with Gasteiger partial charge in [0.2, 0.25) is 0 Å². The molecule has 2 aliphatic heterocycles. The van der Waals surface area contributed by atoms with E-state index in [1.165, 1.54) is 49.7 Å². The summed E-state index contributed by atoms with van der Waals surface area (Å²) >= 11 is 0. The molecule has 7 rings (SSSR count). The van der Waals surface area contributed by atoms with Gasteiger partial charge in [0.1, 0.15) is 0 Å². The Morgan fingerprint density at radius 3 is 1.69 bits per heavy atom. The summed E-state index contributed by atoms with van der Waals surface area (Å²) < 4.78 is 0. The van der Waals surface area contributed by atoms with Crippen LogP contribution in [0.5, 0.6) is 0 Å². The van der Waals surface area contributed by atoms with Gasteiger partial charge in [0.25, 0.3) is 0 Å². The first-order valence-corrected chi connectivity index (χ1v) is 19.9. The number of carbonyl (C=O) groups excluding carboxylic acids is 3. The standard InChI is InChI=1S/C47H54N2O3/c50-45(15-7-9-25-48-27-21-37(22-28-48)31-35-11-3-1-4-12-35)39-17-18-41-40(33-39)34-44-42(41)19-20-43(47(44)52)46(51)16-8-10-26-49-29-23-38(24-30-49)32-36-13-5-2-6-14-36/h1-6,11-14,17-20,33-34,37-38H,7-10,15-16,21-32H2. The summed E-state index contributed by atoms with van der Waals surface area (Å²) in [5.41, 5.74) is 7.17. The highest BCUT2D eigenvalue weighted by atomic mass is 16.1. The van der Waals surface area contributed by atoms with E-state index in [0.29, 0.717) is 29.6 Å². The number of hydrogen-bond acceptors (Lipinski definition) is 5. The highest BCUT2D eigenvalue weighted by molar-refractivity contribution is 6.35. The van der Waals surface area contributed by atoms with Gasteiger partial charge in [-0.25, -0.2) is 0 Å². The average Bonchev–Trinajstić information content (AvgIpc) is 3.56. The van der Waals surface area contributed by atoms with E-state index in [1.807, 2.05) is 30.4 Å². The van der Waals surface area contributed by atoms with Gasteiger partial charge in [-0.2, -0.15) is 0 Å². The van der Waals surface area contributed by atoms with E-state index in [9.17, 15) is 14.4 Å². The van der Waals surface area contributed by atoms with E-state index in [4.69, 9.17) is 0 Å². The molecule has 5 nitrogen and oxygen atoms in total. The third-order valence-corrected chi connectivity index (χ3v) is 11.9. The lowest BCUT2D eigenvalue weighted by Crippen LogP contribution is -2.35. The Hall–Kier alpha value is -4.19. The lowest BCUT2D eigenvalue weighted by atomic mass is 9.88. The Labute approximate surface area is 310 Å². The molecule has 270 valence electrons. The number of Topliss-reactive ketones (excluding diaryl/α,β-unsaturated/α-hetero) is 3. The van der Waals surface area contributed by atoms with Gasteiger partial charge in [-0.15, -0.1) is 0 Å². The highest BCUT2D eigenvalue weighted by Gasteiger charge is 2.31. The number of piperidine rings is 2. The largest absolute Gasteiger partial charge is 0.303 e. The quantitative estimate of drug-likeness (QED) is 0.0852. The minimum Gasteiger partial charge on any atom is -0.303 e. The lowest BCUT2D eigenvalue weighted by Gasteiger charge is -2.32. The van der Waals surface area contributed by atoms with E-state index in [0.717, 1.165) is 93.5 Å². The second-order valence-corrected chi connectivity index (χ2v) is 15.6. The minimum atomic E-state index is -0.184. The van der Waals surface area contributed by atoms with Crippen molar-refractivity contribution >= 4 is 29.0 Å². The number of allylic oxidation sites excluding steroid dienone is 5. The Morgan fingerprint density at radius 2 is 1.13 bits per heavy atom. The molecule has 0 atom stereocenters. The van der Waals surface area contributed by atoms with Gasteiger partial charge in [-0.3, -0.25) is 14.4 Å². The molecule has 4 aliphatic rings. The minimum absolute atomic E-state index is 0.0638. The number of ketones is 3. The molecule has 0 N–H and O–H groups in total. The molecular weight excluding hydrogens is 641 g/mol. The van der Waals surface area contributed by atoms with Crippen LogP contribution in [0.25, 0.3) is 11.6 Å². The van der Waals surface area contributed by atoms with Crippen molar-refractivity contribution in [2.75, 3.05) is 39.3 Å². The summed E-state index contributed by atoms with van der Waals surface area (Å²) in [5, 5.41) is 0. The molecule has 2 aliphatic carbocycles. The molecule has 2 heterocycles. The molecule has 0 aromatic heterocycles. The molecule has 52 heavy (non-hydrogen) atoms. The van der Waals surface area contributed by atoms with Crippen molar-refractivity contribution in [1.29, 1.82) is 0 Å². The van der Waals surface area contributed by atoms with Crippen molar-refractivity contribution in [3.63, 3.8) is 0 Å². The van der Waals surface area contributed by atoms with Gasteiger partial charge in [-0.05, 0) is 161 Å². The van der Waals surface area contributed by atoms with Crippen molar-refractivity contribution in [3.8, 4) is 0 Å². The lowest BCUT2D eigenvalue weighted by molar-refractivity contribution is -0.119. The number of nitrogens with zero attached hydrogens (tertiary/aromatic N) is 2. The van der Waals surface area contributed by atoms with Gasteiger partial charge in [0.05, 0.1) is 5.57 Å². The second-order valence-electron chi connectivity index (χ2n) is 15.6. The average molecular weight is 695 g/mol. The number of benzene rings is 3. The highest BCUT2D eigenvalue weighted by Crippen LogP contribution is 2.40. The van der Waals surface area contributed by atoms with Crippen molar-refractivity contribution < 1.29 is 14.4 Å². The van der Waals surface area contributed by atoms with Crippen LogP contribution in [0.4, 0.5) is 0 Å². The van der Waals surface area contributed by atoms with Gasteiger partial charge >= 0.3 is 0 Å². The molecule has 0 amide bonds. The number of fused-ring (bicyclic) bond motifs is 3. The van der Waals surface area contributed by atoms with Crippen LogP contribution < -0.4 is 0 Å². The van der Waals surface area contributed by atoms with Gasteiger partial charge < -0.3 is 9.80 Å². The maximum atomic E-state index is 13.5. The maximum absolute atomic E-state index is 13.5. The van der Waals surface area contributed by atoms with Crippen molar-refractivity contribution in [3.05, 3.63) is 130 Å². The van der Waals surface area contributed by atoms with E-state index in [2.05, 4.69) is 70.5 Å². The summed E-state index contributed by atoms with van der Waals surface area (Å²) in [5.74, 6) is 1.43. The smallest absolute Gasteiger partial charge is 0.197 e. The first-order chi connectivity index (χ1) is 25.5. The second kappa shape index (κ2) is 17.6. The molecule has 3 aromatic rings. The van der Waals surface area contributed by atoms with E-state index >= 15 is 0 Å². The third-order valence-electron chi connectivity index (χ3n) is 11.9. The number of rotatable bonds is 16. The van der Waals surface area contributed by atoms with Crippen LogP contribution in [0.1, 0.15) is 96.8 Å². The summed E-state index contributed by atoms with van der Waals surface area (Å²) in [7, 11) is 0. The number of carbonyl (C=O) groups is 3. The Kier molecular flexibility index (Phi) is 12.2. The van der Waals surface area contributed by atoms with Crippen LogP contribution in [0.15, 0.2) is 102 Å². The molecule has 3 aromatic carbocycles. The predicted molar refractivity (Wildman–Crippen MR) is 211 cm³/mol. The monoisotopic (exact) mass is 694 g/mol. The zero-order chi connectivity index (χ0) is 35.7. The van der Waals surface area contributed by atoms with Crippen molar-refractivity contribution in [2.45, 2.75) is 77.0 Å². The zero-order valence-electron chi connectivity index (χ0n) is 30.7. The molecule has 0 spiro atoms. The zero-order valence-corrected chi connectivity index (χ0v) is 30.7. The van der Waals surface area contributed by atoms with Crippen LogP contribution in [0, 0.1) is 11.8 Å². The Bertz CT molecular complexity index is 1810. The van der Waals surface area contributed by atoms with Gasteiger partial charge in [0.15, 0.2) is 17.3 Å². The molecule has 2 fully saturated rings. The topological polar surface area (TPSA) is 57.7 Å². The number of likely N-dealkylation sites (tertiary alicyclic amines) is 2. The van der Waals surface area contributed by atoms with Crippen LogP contribution in [-0.4, -0.2) is 66.4 Å². The molecule has 0 radical (unpaired) electrons. The number of unbranched alkanes of at least 4 members (excludes halogenated alkanes) is 2. The summed E-state index contributed by atoms with van der Waals surface area (Å²) in [6.45, 7) is 6.62. The van der Waals surface area contributed by atoms with Crippen LogP contribution in [-0.2, 0) is 22.4 Å². The molecule has 5 heteroatoms.